The van der Waals surface area contributed by atoms with E-state index in [-0.39, 0.29) is 5.54 Å². The van der Waals surface area contributed by atoms with Gasteiger partial charge in [-0.15, -0.1) is 0 Å². The highest BCUT2D eigenvalue weighted by molar-refractivity contribution is 5.22. The largest absolute Gasteiger partial charge is 0.326 e. The molecule has 0 saturated heterocycles. The number of rotatable bonds is 8. The van der Waals surface area contributed by atoms with Crippen molar-refractivity contribution in [2.75, 3.05) is 13.1 Å². The molecule has 1 rings (SSSR count). The summed E-state index contributed by atoms with van der Waals surface area (Å²) in [6.45, 7) is 8.48. The molecule has 0 unspecified atom stereocenters. The first kappa shape index (κ1) is 15.2. The third-order valence-electron chi connectivity index (χ3n) is 3.20. The molecule has 0 aliphatic heterocycles. The second kappa shape index (κ2) is 7.55. The number of hydrogen-bond acceptors (Lipinski definition) is 2. The summed E-state index contributed by atoms with van der Waals surface area (Å²) >= 11 is 0. The third-order valence-corrected chi connectivity index (χ3v) is 3.20. The van der Waals surface area contributed by atoms with Gasteiger partial charge in [0, 0.05) is 5.54 Å². The Hall–Kier alpha value is -0.860. The van der Waals surface area contributed by atoms with Crippen LogP contribution in [0.15, 0.2) is 24.3 Å². The van der Waals surface area contributed by atoms with Crippen LogP contribution in [0.2, 0.25) is 0 Å². The summed E-state index contributed by atoms with van der Waals surface area (Å²) in [5.41, 5.74) is 8.74. The molecule has 3 N–H and O–H groups in total. The lowest BCUT2D eigenvalue weighted by Gasteiger charge is -2.17. The van der Waals surface area contributed by atoms with E-state index in [0.717, 1.165) is 38.8 Å². The van der Waals surface area contributed by atoms with E-state index < -0.39 is 0 Å². The monoisotopic (exact) mass is 248 g/mol. The van der Waals surface area contributed by atoms with Gasteiger partial charge in [-0.3, -0.25) is 0 Å². The first-order chi connectivity index (χ1) is 8.51. The molecule has 0 saturated carbocycles. The maximum absolute atomic E-state index is 5.94. The van der Waals surface area contributed by atoms with E-state index >= 15 is 0 Å². The Balaban J connectivity index is 2.10. The van der Waals surface area contributed by atoms with Crippen LogP contribution in [-0.2, 0) is 12.8 Å². The van der Waals surface area contributed by atoms with Crippen LogP contribution in [-0.4, -0.2) is 18.6 Å². The number of hydrogen-bond donors (Lipinski definition) is 2. The Morgan fingerprint density at radius 2 is 1.67 bits per heavy atom. The van der Waals surface area contributed by atoms with E-state index in [9.17, 15) is 0 Å². The number of benzene rings is 1. The Morgan fingerprint density at radius 1 is 1.06 bits per heavy atom. The van der Waals surface area contributed by atoms with Crippen molar-refractivity contribution >= 4 is 0 Å². The van der Waals surface area contributed by atoms with E-state index in [1.165, 1.54) is 11.1 Å². The molecule has 0 fully saturated rings. The average Bonchev–Trinajstić information content (AvgIpc) is 2.33. The van der Waals surface area contributed by atoms with Crippen LogP contribution in [0.5, 0.6) is 0 Å². The van der Waals surface area contributed by atoms with Gasteiger partial charge in [0.2, 0.25) is 0 Å². The minimum Gasteiger partial charge on any atom is -0.326 e. The second-order valence-electron chi connectivity index (χ2n) is 5.76. The molecule has 0 bridgehead atoms. The topological polar surface area (TPSA) is 38.0 Å². The molecule has 102 valence electrons. The normalized spacial score (nSPS) is 11.8. The van der Waals surface area contributed by atoms with Gasteiger partial charge in [-0.05, 0) is 63.7 Å². The molecule has 0 spiro atoms. The van der Waals surface area contributed by atoms with Gasteiger partial charge in [-0.25, -0.2) is 0 Å². The fraction of sp³-hybridized carbons (Fsp3) is 0.625. The molecule has 18 heavy (non-hydrogen) atoms. The second-order valence-corrected chi connectivity index (χ2v) is 5.76. The van der Waals surface area contributed by atoms with E-state index in [0.29, 0.717) is 0 Å². The Labute approximate surface area is 112 Å². The van der Waals surface area contributed by atoms with Gasteiger partial charge in [0.1, 0.15) is 0 Å². The van der Waals surface area contributed by atoms with Crippen molar-refractivity contribution in [3.63, 3.8) is 0 Å². The maximum Gasteiger partial charge on any atom is 0.00975 e. The summed E-state index contributed by atoms with van der Waals surface area (Å²) in [6, 6.07) is 8.94. The third kappa shape index (κ3) is 6.77. The molecule has 0 aliphatic carbocycles. The summed E-state index contributed by atoms with van der Waals surface area (Å²) in [4.78, 5) is 0. The molecular weight excluding hydrogens is 220 g/mol. The Bertz CT molecular complexity index is 322. The van der Waals surface area contributed by atoms with Crippen LogP contribution in [0.25, 0.3) is 0 Å². The lowest BCUT2D eigenvalue weighted by Crippen LogP contribution is -2.33. The molecular formula is C16H28N2. The number of nitrogens with one attached hydrogen (secondary N) is 1. The van der Waals surface area contributed by atoms with Crippen LogP contribution in [0.1, 0.15) is 44.7 Å². The van der Waals surface area contributed by atoms with E-state index in [1.807, 2.05) is 0 Å². The molecule has 0 heterocycles. The molecule has 0 aliphatic rings. The van der Waals surface area contributed by atoms with Gasteiger partial charge in [0.25, 0.3) is 0 Å². The fourth-order valence-electron chi connectivity index (χ4n) is 1.97. The number of aryl methyl sites for hydroxylation is 1. The van der Waals surface area contributed by atoms with Gasteiger partial charge in [0.05, 0.1) is 0 Å². The first-order valence-electron chi connectivity index (χ1n) is 7.08. The molecule has 1 aromatic rings. The Kier molecular flexibility index (Phi) is 6.37. The zero-order chi connectivity index (χ0) is 13.4. The molecule has 0 aromatic heterocycles. The maximum atomic E-state index is 5.94. The highest BCUT2D eigenvalue weighted by Gasteiger charge is 2.08. The molecule has 1 aromatic carbocycles. The van der Waals surface area contributed by atoms with Crippen molar-refractivity contribution in [3.8, 4) is 0 Å². The van der Waals surface area contributed by atoms with Crippen LogP contribution >= 0.6 is 0 Å². The van der Waals surface area contributed by atoms with Crippen LogP contribution in [0.4, 0.5) is 0 Å². The quantitative estimate of drug-likeness (QED) is 0.694. The van der Waals surface area contributed by atoms with Crippen molar-refractivity contribution in [3.05, 3.63) is 35.4 Å². The van der Waals surface area contributed by atoms with E-state index in [4.69, 9.17) is 5.73 Å². The predicted molar refractivity (Wildman–Crippen MR) is 79.9 cm³/mol. The van der Waals surface area contributed by atoms with Crippen LogP contribution < -0.4 is 11.1 Å². The SMILES string of the molecule is CCc1ccc(CCNCCCC(C)(C)N)cc1. The summed E-state index contributed by atoms with van der Waals surface area (Å²) in [6.07, 6.45) is 4.45. The summed E-state index contributed by atoms with van der Waals surface area (Å²) in [5.74, 6) is 0. The minimum absolute atomic E-state index is 0.0301. The number of nitrogens with two attached hydrogens (primary N) is 1. The lowest BCUT2D eigenvalue weighted by molar-refractivity contribution is 0.449. The van der Waals surface area contributed by atoms with Crippen LogP contribution in [0.3, 0.4) is 0 Å². The summed E-state index contributed by atoms with van der Waals surface area (Å²) in [5, 5.41) is 3.48. The van der Waals surface area contributed by atoms with Crippen molar-refractivity contribution in [2.24, 2.45) is 5.73 Å². The minimum atomic E-state index is -0.0301. The van der Waals surface area contributed by atoms with Gasteiger partial charge >= 0.3 is 0 Å². The Morgan fingerprint density at radius 3 is 2.22 bits per heavy atom. The highest BCUT2D eigenvalue weighted by atomic mass is 14.8. The molecule has 0 radical (unpaired) electrons. The zero-order valence-corrected chi connectivity index (χ0v) is 12.1. The van der Waals surface area contributed by atoms with Gasteiger partial charge in [0.15, 0.2) is 0 Å². The lowest BCUT2D eigenvalue weighted by atomic mass is 10.0. The highest BCUT2D eigenvalue weighted by Crippen LogP contribution is 2.06. The molecule has 0 amide bonds. The van der Waals surface area contributed by atoms with Crippen molar-refractivity contribution in [1.82, 2.24) is 5.32 Å². The van der Waals surface area contributed by atoms with Crippen molar-refractivity contribution in [2.45, 2.75) is 52.0 Å². The smallest absolute Gasteiger partial charge is 0.00975 e. The van der Waals surface area contributed by atoms with Crippen molar-refractivity contribution < 1.29 is 0 Å². The standard InChI is InChI=1S/C16H28N2/c1-4-14-6-8-15(9-7-14)10-13-18-12-5-11-16(2,3)17/h6-9,18H,4-5,10-13,17H2,1-3H3. The average molecular weight is 248 g/mol. The molecule has 0 atom stereocenters. The van der Waals surface area contributed by atoms with Crippen molar-refractivity contribution in [1.29, 1.82) is 0 Å². The molecule has 2 heteroatoms. The van der Waals surface area contributed by atoms with E-state index in [1.54, 1.807) is 0 Å². The predicted octanol–water partition coefficient (Wildman–Crippen LogP) is 2.90. The summed E-state index contributed by atoms with van der Waals surface area (Å²) in [7, 11) is 0. The van der Waals surface area contributed by atoms with Gasteiger partial charge < -0.3 is 11.1 Å². The van der Waals surface area contributed by atoms with Gasteiger partial charge in [-0.2, -0.15) is 0 Å². The molecule has 2 nitrogen and oxygen atoms in total. The summed E-state index contributed by atoms with van der Waals surface area (Å²) < 4.78 is 0. The fourth-order valence-corrected chi connectivity index (χ4v) is 1.97. The van der Waals surface area contributed by atoms with Gasteiger partial charge in [-0.1, -0.05) is 31.2 Å². The first-order valence-corrected chi connectivity index (χ1v) is 7.08. The van der Waals surface area contributed by atoms with Crippen LogP contribution in [0, 0.1) is 0 Å². The van der Waals surface area contributed by atoms with E-state index in [2.05, 4.69) is 50.4 Å². The zero-order valence-electron chi connectivity index (χ0n) is 12.1.